The molecule has 1 aromatic rings. The number of hydrogen-bond acceptors (Lipinski definition) is 3. The van der Waals surface area contributed by atoms with Gasteiger partial charge in [-0.1, -0.05) is 39.0 Å². The maximum atomic E-state index is 12.6. The van der Waals surface area contributed by atoms with Crippen LogP contribution in [-0.2, 0) is 9.53 Å². The minimum absolute atomic E-state index is 0.00445. The maximum Gasteiger partial charge on any atom is 0.309 e. The van der Waals surface area contributed by atoms with E-state index in [0.29, 0.717) is 23.3 Å². The van der Waals surface area contributed by atoms with Gasteiger partial charge in [0.25, 0.3) is 5.91 Å². The third-order valence-corrected chi connectivity index (χ3v) is 7.48. The molecule has 1 aliphatic heterocycles. The molecule has 26 heavy (non-hydrogen) atoms. The van der Waals surface area contributed by atoms with Crippen LogP contribution in [0.2, 0.25) is 0 Å². The molecule has 0 spiro atoms. The fourth-order valence-corrected chi connectivity index (χ4v) is 5.87. The maximum absolute atomic E-state index is 12.6. The van der Waals surface area contributed by atoms with E-state index in [2.05, 4.69) is 19.2 Å². The predicted octanol–water partition coefficient (Wildman–Crippen LogP) is 3.81. The Labute approximate surface area is 155 Å². The molecule has 7 unspecified atom stereocenters. The van der Waals surface area contributed by atoms with E-state index in [1.165, 1.54) is 0 Å². The molecule has 0 bridgehead atoms. The van der Waals surface area contributed by atoms with Crippen LogP contribution in [0.1, 0.15) is 56.8 Å². The van der Waals surface area contributed by atoms with E-state index in [1.807, 2.05) is 37.3 Å². The van der Waals surface area contributed by atoms with Crippen LogP contribution >= 0.6 is 0 Å². The van der Waals surface area contributed by atoms with Crippen molar-refractivity contribution >= 4 is 11.9 Å². The molecule has 4 heteroatoms. The highest BCUT2D eigenvalue weighted by Gasteiger charge is 2.58. The molecule has 3 aliphatic rings. The molecule has 1 amide bonds. The summed E-state index contributed by atoms with van der Waals surface area (Å²) in [4.78, 5) is 24.8. The molecule has 4 nitrogen and oxygen atoms in total. The van der Waals surface area contributed by atoms with Gasteiger partial charge in [0, 0.05) is 23.4 Å². The Balaban J connectivity index is 1.54. The van der Waals surface area contributed by atoms with Crippen molar-refractivity contribution in [3.8, 4) is 0 Å². The van der Waals surface area contributed by atoms with Crippen molar-refractivity contribution in [2.24, 2.45) is 29.1 Å². The van der Waals surface area contributed by atoms with E-state index in [-0.39, 0.29) is 35.4 Å². The highest BCUT2D eigenvalue weighted by atomic mass is 16.6. The minimum atomic E-state index is -0.0353. The number of hydrogen-bond donors (Lipinski definition) is 1. The van der Waals surface area contributed by atoms with Gasteiger partial charge in [0.15, 0.2) is 0 Å². The number of benzene rings is 1. The lowest BCUT2D eigenvalue weighted by atomic mass is 9.52. The van der Waals surface area contributed by atoms with Crippen LogP contribution in [0, 0.1) is 29.1 Å². The smallest absolute Gasteiger partial charge is 0.309 e. The van der Waals surface area contributed by atoms with Crippen molar-refractivity contribution in [2.75, 3.05) is 0 Å². The number of amides is 1. The second-order valence-corrected chi connectivity index (χ2v) is 8.92. The second kappa shape index (κ2) is 6.40. The van der Waals surface area contributed by atoms with Gasteiger partial charge >= 0.3 is 5.97 Å². The quantitative estimate of drug-likeness (QED) is 0.821. The van der Waals surface area contributed by atoms with Crippen molar-refractivity contribution in [1.29, 1.82) is 0 Å². The summed E-state index contributed by atoms with van der Waals surface area (Å²) < 4.78 is 5.87. The van der Waals surface area contributed by atoms with E-state index in [4.69, 9.17) is 4.74 Å². The fraction of sp³-hybridized carbons (Fsp3) is 0.636. The molecular weight excluding hydrogens is 326 g/mol. The van der Waals surface area contributed by atoms with Crippen LogP contribution in [0.5, 0.6) is 0 Å². The summed E-state index contributed by atoms with van der Waals surface area (Å²) in [7, 11) is 0. The van der Waals surface area contributed by atoms with Gasteiger partial charge in [0.1, 0.15) is 6.10 Å². The van der Waals surface area contributed by atoms with Gasteiger partial charge in [-0.15, -0.1) is 0 Å². The molecule has 2 aliphatic carbocycles. The van der Waals surface area contributed by atoms with Crippen LogP contribution < -0.4 is 5.32 Å². The SMILES string of the molecule is CC1C(=O)OC2C1CCC1(C)CCC(NC(=O)c3ccccc3)C(C)C21. The molecule has 0 radical (unpaired) electrons. The van der Waals surface area contributed by atoms with Gasteiger partial charge in [-0.25, -0.2) is 0 Å². The van der Waals surface area contributed by atoms with Gasteiger partial charge in [-0.3, -0.25) is 9.59 Å². The fourth-order valence-electron chi connectivity index (χ4n) is 5.87. The number of nitrogens with one attached hydrogen (secondary N) is 1. The Morgan fingerprint density at radius 1 is 1.15 bits per heavy atom. The van der Waals surface area contributed by atoms with Crippen LogP contribution in [-0.4, -0.2) is 24.0 Å². The van der Waals surface area contributed by atoms with Crippen LogP contribution in [0.15, 0.2) is 30.3 Å². The van der Waals surface area contributed by atoms with E-state index in [1.54, 1.807) is 0 Å². The van der Waals surface area contributed by atoms with Crippen molar-refractivity contribution in [3.63, 3.8) is 0 Å². The third kappa shape index (κ3) is 2.74. The molecule has 1 saturated heterocycles. The zero-order chi connectivity index (χ0) is 18.5. The monoisotopic (exact) mass is 355 g/mol. The lowest BCUT2D eigenvalue weighted by Crippen LogP contribution is -2.57. The van der Waals surface area contributed by atoms with Crippen LogP contribution in [0.4, 0.5) is 0 Å². The third-order valence-electron chi connectivity index (χ3n) is 7.48. The standard InChI is InChI=1S/C22H29NO3/c1-13-16-9-11-22(3)12-10-17(14(2)18(22)19(16)26-21(13)25)23-20(24)15-7-5-4-6-8-15/h4-8,13-14,16-19H,9-12H2,1-3H3,(H,23,24). The lowest BCUT2D eigenvalue weighted by molar-refractivity contribution is -0.153. The number of carbonyl (C=O) groups excluding carboxylic acids is 2. The summed E-state index contributed by atoms with van der Waals surface area (Å²) in [5.74, 6) is 0.932. The van der Waals surface area contributed by atoms with Crippen LogP contribution in [0.25, 0.3) is 0 Å². The Hall–Kier alpha value is -1.84. The molecule has 1 heterocycles. The van der Waals surface area contributed by atoms with Gasteiger partial charge in [-0.2, -0.15) is 0 Å². The average Bonchev–Trinajstić information content (AvgIpc) is 2.92. The summed E-state index contributed by atoms with van der Waals surface area (Å²) in [6.45, 7) is 6.60. The first-order valence-corrected chi connectivity index (χ1v) is 9.97. The van der Waals surface area contributed by atoms with E-state index in [9.17, 15) is 9.59 Å². The van der Waals surface area contributed by atoms with Crippen molar-refractivity contribution < 1.29 is 14.3 Å². The normalized spacial score (nSPS) is 41.7. The molecule has 2 saturated carbocycles. The number of rotatable bonds is 2. The molecule has 3 fully saturated rings. The lowest BCUT2D eigenvalue weighted by Gasteiger charge is -2.54. The van der Waals surface area contributed by atoms with Crippen molar-refractivity contribution in [2.45, 2.75) is 58.6 Å². The summed E-state index contributed by atoms with van der Waals surface area (Å²) in [5, 5.41) is 3.26. The first-order chi connectivity index (χ1) is 12.4. The molecule has 0 aromatic heterocycles. The number of carbonyl (C=O) groups is 2. The first-order valence-electron chi connectivity index (χ1n) is 9.97. The number of fused-ring (bicyclic) bond motifs is 3. The number of ether oxygens (including phenoxy) is 1. The van der Waals surface area contributed by atoms with E-state index < -0.39 is 0 Å². The van der Waals surface area contributed by atoms with Gasteiger partial charge in [-0.05, 0) is 49.1 Å². The van der Waals surface area contributed by atoms with E-state index in [0.717, 1.165) is 25.7 Å². The molecule has 1 aromatic carbocycles. The predicted molar refractivity (Wildman–Crippen MR) is 99.5 cm³/mol. The molecule has 1 N–H and O–H groups in total. The highest BCUT2D eigenvalue weighted by molar-refractivity contribution is 5.94. The Bertz CT molecular complexity index is 703. The van der Waals surface area contributed by atoms with Crippen molar-refractivity contribution in [1.82, 2.24) is 5.32 Å². The van der Waals surface area contributed by atoms with E-state index >= 15 is 0 Å². The van der Waals surface area contributed by atoms with Crippen LogP contribution in [0.3, 0.4) is 0 Å². The average molecular weight is 355 g/mol. The summed E-state index contributed by atoms with van der Waals surface area (Å²) in [6.07, 6.45) is 4.33. The number of esters is 1. The Kier molecular flexibility index (Phi) is 4.32. The summed E-state index contributed by atoms with van der Waals surface area (Å²) in [5.41, 5.74) is 0.911. The zero-order valence-corrected chi connectivity index (χ0v) is 15.9. The van der Waals surface area contributed by atoms with Gasteiger partial charge in [0.05, 0.1) is 5.92 Å². The highest BCUT2D eigenvalue weighted by Crippen LogP contribution is 2.57. The molecule has 4 rings (SSSR count). The molecule has 7 atom stereocenters. The minimum Gasteiger partial charge on any atom is -0.462 e. The Morgan fingerprint density at radius 2 is 1.85 bits per heavy atom. The van der Waals surface area contributed by atoms with Crippen molar-refractivity contribution in [3.05, 3.63) is 35.9 Å². The topological polar surface area (TPSA) is 55.4 Å². The van der Waals surface area contributed by atoms with Gasteiger partial charge < -0.3 is 10.1 Å². The van der Waals surface area contributed by atoms with Gasteiger partial charge in [0.2, 0.25) is 0 Å². The summed E-state index contributed by atoms with van der Waals surface area (Å²) >= 11 is 0. The first kappa shape index (κ1) is 17.6. The summed E-state index contributed by atoms with van der Waals surface area (Å²) in [6, 6.07) is 9.54. The molecule has 140 valence electrons. The largest absolute Gasteiger partial charge is 0.462 e. The molecular formula is C22H29NO3. The zero-order valence-electron chi connectivity index (χ0n) is 15.9. The second-order valence-electron chi connectivity index (χ2n) is 8.92. The Morgan fingerprint density at radius 3 is 2.58 bits per heavy atom.